The number of nitrogens with one attached hydrogen (secondary N) is 1. The first-order valence-electron chi connectivity index (χ1n) is 5.90. The first kappa shape index (κ1) is 12.9. The van der Waals surface area contributed by atoms with Gasteiger partial charge in [-0.25, -0.2) is 0 Å². The highest BCUT2D eigenvalue weighted by atomic mass is 16.5. The van der Waals surface area contributed by atoms with Gasteiger partial charge in [-0.05, 0) is 32.9 Å². The fourth-order valence-corrected chi connectivity index (χ4v) is 2.32. The lowest BCUT2D eigenvalue weighted by Crippen LogP contribution is -2.43. The van der Waals surface area contributed by atoms with Gasteiger partial charge in [0.05, 0.1) is 6.10 Å². The Bertz CT molecular complexity index is 192. The summed E-state index contributed by atoms with van der Waals surface area (Å²) in [5.74, 6) is 0. The maximum absolute atomic E-state index is 5.54. The van der Waals surface area contributed by atoms with Crippen LogP contribution in [0.3, 0.4) is 0 Å². The van der Waals surface area contributed by atoms with E-state index in [-0.39, 0.29) is 0 Å². The molecule has 0 saturated carbocycles. The van der Waals surface area contributed by atoms with Crippen molar-refractivity contribution in [1.29, 1.82) is 0 Å². The van der Waals surface area contributed by atoms with E-state index in [1.54, 1.807) is 0 Å². The lowest BCUT2D eigenvalue weighted by molar-refractivity contribution is 0.109. The topological polar surface area (TPSA) is 24.5 Å². The zero-order valence-corrected chi connectivity index (χ0v) is 10.8. The Labute approximate surface area is 94.2 Å². The second-order valence-corrected chi connectivity index (χ2v) is 5.75. The van der Waals surface area contributed by atoms with E-state index in [1.165, 1.54) is 0 Å². The predicted molar refractivity (Wildman–Crippen MR) is 64.2 cm³/mol. The monoisotopic (exact) mass is 214 g/mol. The molecule has 0 bridgehead atoms. The van der Waals surface area contributed by atoms with Crippen molar-refractivity contribution < 1.29 is 4.74 Å². The normalized spacial score (nSPS) is 27.6. The zero-order chi connectivity index (χ0) is 11.5. The SMILES string of the molecule is C[C@@H]1OCC[C@H]1NCC(C)(C)CN(C)C. The summed E-state index contributed by atoms with van der Waals surface area (Å²) < 4.78 is 5.54. The Morgan fingerprint density at radius 3 is 2.53 bits per heavy atom. The van der Waals surface area contributed by atoms with E-state index in [4.69, 9.17) is 4.74 Å². The average Bonchev–Trinajstić information content (AvgIpc) is 2.45. The summed E-state index contributed by atoms with van der Waals surface area (Å²) in [7, 11) is 4.26. The van der Waals surface area contributed by atoms with Gasteiger partial charge in [0.15, 0.2) is 0 Å². The van der Waals surface area contributed by atoms with Crippen LogP contribution in [-0.2, 0) is 4.74 Å². The summed E-state index contributed by atoms with van der Waals surface area (Å²) in [5.41, 5.74) is 0.325. The third-order valence-corrected chi connectivity index (χ3v) is 2.96. The van der Waals surface area contributed by atoms with E-state index in [9.17, 15) is 0 Å². The fourth-order valence-electron chi connectivity index (χ4n) is 2.32. The highest BCUT2D eigenvalue weighted by Crippen LogP contribution is 2.18. The van der Waals surface area contributed by atoms with E-state index in [2.05, 4.69) is 45.1 Å². The second kappa shape index (κ2) is 5.28. The summed E-state index contributed by atoms with van der Waals surface area (Å²) in [6.45, 7) is 9.85. The Morgan fingerprint density at radius 1 is 1.40 bits per heavy atom. The number of rotatable bonds is 5. The highest BCUT2D eigenvalue weighted by molar-refractivity contribution is 4.83. The minimum absolute atomic E-state index is 0.325. The lowest BCUT2D eigenvalue weighted by Gasteiger charge is -2.30. The molecule has 1 rings (SSSR count). The van der Waals surface area contributed by atoms with Crippen LogP contribution in [-0.4, -0.2) is 50.8 Å². The van der Waals surface area contributed by atoms with Gasteiger partial charge in [0.25, 0.3) is 0 Å². The summed E-state index contributed by atoms with van der Waals surface area (Å²) in [6, 6.07) is 0.548. The Morgan fingerprint density at radius 2 is 2.07 bits per heavy atom. The molecule has 3 nitrogen and oxygen atoms in total. The molecular weight excluding hydrogens is 188 g/mol. The van der Waals surface area contributed by atoms with Crippen LogP contribution in [0.4, 0.5) is 0 Å². The zero-order valence-electron chi connectivity index (χ0n) is 10.8. The van der Waals surface area contributed by atoms with E-state index < -0.39 is 0 Å². The molecule has 0 aliphatic carbocycles. The molecule has 1 fully saturated rings. The van der Waals surface area contributed by atoms with Crippen molar-refractivity contribution in [3.05, 3.63) is 0 Å². The standard InChI is InChI=1S/C12H26N2O/c1-10-11(6-7-15-10)13-8-12(2,3)9-14(4)5/h10-11,13H,6-9H2,1-5H3/t10-,11+/m0/s1. The summed E-state index contributed by atoms with van der Waals surface area (Å²) in [6.07, 6.45) is 1.53. The fraction of sp³-hybridized carbons (Fsp3) is 1.00. The van der Waals surface area contributed by atoms with Crippen molar-refractivity contribution in [1.82, 2.24) is 10.2 Å². The molecular formula is C12H26N2O. The summed E-state index contributed by atoms with van der Waals surface area (Å²) >= 11 is 0. The molecule has 1 saturated heterocycles. The third-order valence-electron chi connectivity index (χ3n) is 2.96. The van der Waals surface area contributed by atoms with Gasteiger partial charge >= 0.3 is 0 Å². The van der Waals surface area contributed by atoms with Crippen LogP contribution in [0.1, 0.15) is 27.2 Å². The van der Waals surface area contributed by atoms with Crippen LogP contribution in [0.5, 0.6) is 0 Å². The Balaban J connectivity index is 2.28. The second-order valence-electron chi connectivity index (χ2n) is 5.75. The van der Waals surface area contributed by atoms with Crippen molar-refractivity contribution in [2.24, 2.45) is 5.41 Å². The van der Waals surface area contributed by atoms with Crippen molar-refractivity contribution in [2.75, 3.05) is 33.8 Å². The third kappa shape index (κ3) is 4.49. The van der Waals surface area contributed by atoms with E-state index in [0.717, 1.165) is 26.1 Å². The molecule has 1 heterocycles. The number of ether oxygens (including phenoxy) is 1. The minimum atomic E-state index is 0.325. The molecule has 0 radical (unpaired) electrons. The van der Waals surface area contributed by atoms with Crippen LogP contribution in [0, 0.1) is 5.41 Å². The molecule has 0 aromatic rings. The van der Waals surface area contributed by atoms with Crippen LogP contribution in [0.2, 0.25) is 0 Å². The largest absolute Gasteiger partial charge is 0.377 e. The summed E-state index contributed by atoms with van der Waals surface area (Å²) in [4.78, 5) is 2.25. The van der Waals surface area contributed by atoms with Gasteiger partial charge in [-0.3, -0.25) is 0 Å². The van der Waals surface area contributed by atoms with Gasteiger partial charge in [-0.2, -0.15) is 0 Å². The van der Waals surface area contributed by atoms with Gasteiger partial charge in [0, 0.05) is 25.7 Å². The summed E-state index contributed by atoms with van der Waals surface area (Å²) in [5, 5.41) is 3.63. The van der Waals surface area contributed by atoms with Crippen molar-refractivity contribution in [3.63, 3.8) is 0 Å². The van der Waals surface area contributed by atoms with Crippen molar-refractivity contribution in [3.8, 4) is 0 Å². The first-order valence-corrected chi connectivity index (χ1v) is 5.90. The van der Waals surface area contributed by atoms with Gasteiger partial charge in [0.2, 0.25) is 0 Å². The number of hydrogen-bond donors (Lipinski definition) is 1. The van der Waals surface area contributed by atoms with E-state index in [0.29, 0.717) is 17.6 Å². The molecule has 1 N–H and O–H groups in total. The molecule has 1 aliphatic rings. The van der Waals surface area contributed by atoms with Crippen molar-refractivity contribution >= 4 is 0 Å². The highest BCUT2D eigenvalue weighted by Gasteiger charge is 2.26. The van der Waals surface area contributed by atoms with Gasteiger partial charge in [0.1, 0.15) is 0 Å². The molecule has 0 aromatic heterocycles. The Hall–Kier alpha value is -0.120. The molecule has 0 aromatic carbocycles. The molecule has 2 atom stereocenters. The van der Waals surface area contributed by atoms with E-state index in [1.807, 2.05) is 0 Å². The molecule has 15 heavy (non-hydrogen) atoms. The minimum Gasteiger partial charge on any atom is -0.377 e. The maximum atomic E-state index is 5.54. The number of nitrogens with zero attached hydrogens (tertiary/aromatic N) is 1. The predicted octanol–water partition coefficient (Wildman–Crippen LogP) is 1.34. The molecule has 1 aliphatic heterocycles. The Kier molecular flexibility index (Phi) is 4.56. The van der Waals surface area contributed by atoms with Crippen LogP contribution < -0.4 is 5.32 Å². The maximum Gasteiger partial charge on any atom is 0.0700 e. The van der Waals surface area contributed by atoms with Gasteiger partial charge < -0.3 is 15.0 Å². The first-order chi connectivity index (χ1) is 6.91. The smallest absolute Gasteiger partial charge is 0.0700 e. The molecule has 90 valence electrons. The quantitative estimate of drug-likeness (QED) is 0.747. The lowest BCUT2D eigenvalue weighted by atomic mass is 9.92. The van der Waals surface area contributed by atoms with Gasteiger partial charge in [-0.15, -0.1) is 0 Å². The molecule has 0 spiro atoms. The number of hydrogen-bond acceptors (Lipinski definition) is 3. The molecule has 0 amide bonds. The average molecular weight is 214 g/mol. The van der Waals surface area contributed by atoms with Crippen LogP contribution in [0.15, 0.2) is 0 Å². The van der Waals surface area contributed by atoms with E-state index >= 15 is 0 Å². The molecule has 3 heteroatoms. The molecule has 0 unspecified atom stereocenters. The van der Waals surface area contributed by atoms with Gasteiger partial charge in [-0.1, -0.05) is 13.8 Å². The van der Waals surface area contributed by atoms with Crippen LogP contribution >= 0.6 is 0 Å². The van der Waals surface area contributed by atoms with Crippen molar-refractivity contribution in [2.45, 2.75) is 39.3 Å². The van der Waals surface area contributed by atoms with Crippen LogP contribution in [0.25, 0.3) is 0 Å².